The monoisotopic (exact) mass is 459 g/mol. The lowest BCUT2D eigenvalue weighted by molar-refractivity contribution is -0.147. The first-order valence-electron chi connectivity index (χ1n) is 10.7. The second-order valence-corrected chi connectivity index (χ2v) is 7.71. The summed E-state index contributed by atoms with van der Waals surface area (Å²) in [5.41, 5.74) is 1.70. The third kappa shape index (κ3) is 5.20. The summed E-state index contributed by atoms with van der Waals surface area (Å²) in [5.74, 6) is 0.841. The molecular formula is C27H25NO6. The Morgan fingerprint density at radius 1 is 0.735 bits per heavy atom. The van der Waals surface area contributed by atoms with Crippen molar-refractivity contribution in [1.29, 1.82) is 0 Å². The van der Waals surface area contributed by atoms with Gasteiger partial charge in [-0.3, -0.25) is 5.32 Å². The summed E-state index contributed by atoms with van der Waals surface area (Å²) < 4.78 is 21.2. The zero-order valence-corrected chi connectivity index (χ0v) is 18.9. The van der Waals surface area contributed by atoms with E-state index in [9.17, 15) is 9.59 Å². The maximum absolute atomic E-state index is 13.1. The summed E-state index contributed by atoms with van der Waals surface area (Å²) >= 11 is 0. The lowest BCUT2D eigenvalue weighted by atomic mass is 10.1. The zero-order chi connectivity index (χ0) is 24.0. The largest absolute Gasteiger partial charge is 0.497 e. The second-order valence-electron chi connectivity index (χ2n) is 7.71. The fraction of sp³-hybridized carbons (Fsp3) is 0.185. The molecule has 0 heterocycles. The van der Waals surface area contributed by atoms with Crippen LogP contribution < -0.4 is 14.8 Å². The maximum atomic E-state index is 13.1. The predicted molar refractivity (Wildman–Crippen MR) is 126 cm³/mol. The fourth-order valence-electron chi connectivity index (χ4n) is 3.48. The number of hydrogen-bond donors (Lipinski definition) is 1. The molecule has 3 aromatic carbocycles. The molecule has 34 heavy (non-hydrogen) atoms. The third-order valence-corrected chi connectivity index (χ3v) is 5.47. The van der Waals surface area contributed by atoms with Crippen LogP contribution in [0.15, 0.2) is 84.9 Å². The smallest absolute Gasteiger partial charge is 0.408 e. The minimum absolute atomic E-state index is 0.0491. The van der Waals surface area contributed by atoms with Crippen molar-refractivity contribution in [3.63, 3.8) is 0 Å². The van der Waals surface area contributed by atoms with E-state index in [1.54, 1.807) is 56.7 Å². The fourth-order valence-corrected chi connectivity index (χ4v) is 3.48. The Labute approximate surface area is 197 Å². The summed E-state index contributed by atoms with van der Waals surface area (Å²) in [7, 11) is 3.17. The summed E-state index contributed by atoms with van der Waals surface area (Å²) in [6.45, 7) is 0.108. The number of esters is 1. The molecule has 1 N–H and O–H groups in total. The highest BCUT2D eigenvalue weighted by Crippen LogP contribution is 2.44. The highest BCUT2D eigenvalue weighted by atomic mass is 16.6. The van der Waals surface area contributed by atoms with E-state index in [0.29, 0.717) is 17.1 Å². The van der Waals surface area contributed by atoms with Gasteiger partial charge in [-0.15, -0.1) is 0 Å². The van der Waals surface area contributed by atoms with Gasteiger partial charge in [-0.05, 0) is 52.6 Å². The molecule has 7 nitrogen and oxygen atoms in total. The van der Waals surface area contributed by atoms with E-state index in [2.05, 4.69) is 5.32 Å². The molecule has 1 aliphatic rings. The molecule has 0 radical (unpaired) electrons. The van der Waals surface area contributed by atoms with E-state index in [1.165, 1.54) is 0 Å². The van der Waals surface area contributed by atoms with Crippen molar-refractivity contribution in [3.8, 4) is 11.5 Å². The molecule has 0 fully saturated rings. The van der Waals surface area contributed by atoms with Gasteiger partial charge >= 0.3 is 12.1 Å². The van der Waals surface area contributed by atoms with Crippen LogP contribution in [-0.2, 0) is 27.5 Å². The molecule has 1 amide bonds. The Morgan fingerprint density at radius 3 is 1.79 bits per heavy atom. The molecule has 0 saturated heterocycles. The number of amides is 1. The first-order chi connectivity index (χ1) is 16.5. The maximum Gasteiger partial charge on any atom is 0.408 e. The van der Waals surface area contributed by atoms with Crippen LogP contribution in [0.4, 0.5) is 4.79 Å². The van der Waals surface area contributed by atoms with Gasteiger partial charge in [-0.1, -0.05) is 54.6 Å². The van der Waals surface area contributed by atoms with Gasteiger partial charge in [0.15, 0.2) is 5.54 Å². The molecule has 174 valence electrons. The lowest BCUT2D eigenvalue weighted by Gasteiger charge is -2.19. The molecule has 0 aromatic heterocycles. The molecule has 3 aromatic rings. The molecule has 1 atom stereocenters. The number of carbonyl (C=O) groups is 2. The van der Waals surface area contributed by atoms with Crippen LogP contribution in [-0.4, -0.2) is 31.8 Å². The number of nitrogens with one attached hydrogen (secondary N) is 1. The summed E-state index contributed by atoms with van der Waals surface area (Å²) in [4.78, 5) is 25.7. The van der Waals surface area contributed by atoms with E-state index >= 15 is 0 Å². The first kappa shape index (κ1) is 22.9. The molecule has 0 saturated carbocycles. The number of hydrogen-bond acceptors (Lipinski definition) is 6. The number of alkyl carbamates (subject to hydrolysis) is 1. The van der Waals surface area contributed by atoms with Crippen molar-refractivity contribution in [2.45, 2.75) is 18.8 Å². The molecule has 1 aliphatic carbocycles. The standard InChI is InChI=1S/C27H25NO6/c1-31-22-12-8-19(9-13-22)17-33-25(29)27(16-24(27)21-6-4-3-5-7-21)28-26(30)34-18-20-10-14-23(32-2)15-11-20/h3-16H,17-18H2,1-2H3,(H,28,30)/t27-/m1/s1. The topological polar surface area (TPSA) is 83.1 Å². The van der Waals surface area contributed by atoms with E-state index < -0.39 is 17.6 Å². The summed E-state index contributed by atoms with van der Waals surface area (Å²) in [6.07, 6.45) is 0.951. The highest BCUT2D eigenvalue weighted by Gasteiger charge is 2.54. The molecule has 4 rings (SSSR count). The van der Waals surface area contributed by atoms with Gasteiger partial charge in [-0.25, -0.2) is 9.59 Å². The normalized spacial score (nSPS) is 16.1. The van der Waals surface area contributed by atoms with Crippen molar-refractivity contribution < 1.29 is 28.5 Å². The highest BCUT2D eigenvalue weighted by molar-refractivity contribution is 6.13. The number of carbonyl (C=O) groups excluding carboxylic acids is 2. The molecule has 0 aliphatic heterocycles. The Bertz CT molecular complexity index is 1170. The van der Waals surface area contributed by atoms with Gasteiger partial charge in [0.25, 0.3) is 0 Å². The van der Waals surface area contributed by atoms with Crippen molar-refractivity contribution in [2.75, 3.05) is 14.2 Å². The van der Waals surface area contributed by atoms with E-state index in [1.807, 2.05) is 42.5 Å². The van der Waals surface area contributed by atoms with Crippen LogP contribution in [0.3, 0.4) is 0 Å². The molecular weight excluding hydrogens is 434 g/mol. The van der Waals surface area contributed by atoms with Gasteiger partial charge in [0, 0.05) is 0 Å². The van der Waals surface area contributed by atoms with Crippen molar-refractivity contribution >= 4 is 17.6 Å². The zero-order valence-electron chi connectivity index (χ0n) is 18.9. The molecule has 0 spiro atoms. The van der Waals surface area contributed by atoms with Crippen LogP contribution in [0.1, 0.15) is 16.7 Å². The van der Waals surface area contributed by atoms with Crippen LogP contribution in [0.25, 0.3) is 5.57 Å². The van der Waals surface area contributed by atoms with Crippen LogP contribution in [0.5, 0.6) is 11.5 Å². The lowest BCUT2D eigenvalue weighted by Crippen LogP contribution is -2.46. The quantitative estimate of drug-likeness (QED) is 0.474. The third-order valence-electron chi connectivity index (χ3n) is 5.47. The van der Waals surface area contributed by atoms with E-state index in [4.69, 9.17) is 18.9 Å². The van der Waals surface area contributed by atoms with Crippen molar-refractivity contribution in [3.05, 3.63) is 102 Å². The van der Waals surface area contributed by atoms with Gasteiger partial charge in [0.1, 0.15) is 24.7 Å². The predicted octanol–water partition coefficient (Wildman–Crippen LogP) is 4.51. The molecule has 7 heteroatoms. The van der Waals surface area contributed by atoms with Crippen molar-refractivity contribution in [2.24, 2.45) is 0 Å². The number of methoxy groups -OCH3 is 2. The van der Waals surface area contributed by atoms with Crippen LogP contribution >= 0.6 is 0 Å². The van der Waals surface area contributed by atoms with Crippen LogP contribution in [0, 0.1) is 0 Å². The van der Waals surface area contributed by atoms with Gasteiger partial charge in [0.2, 0.25) is 0 Å². The second kappa shape index (κ2) is 10.1. The summed E-state index contributed by atoms with van der Waals surface area (Å²) in [6, 6.07) is 23.7. The first-order valence-corrected chi connectivity index (χ1v) is 10.7. The SMILES string of the molecule is COc1ccc(COC(=O)N[C@]2(C(=O)OCc3ccc(OC)cc3)C=C2c2ccccc2)cc1. The number of rotatable bonds is 9. The van der Waals surface area contributed by atoms with Crippen molar-refractivity contribution in [1.82, 2.24) is 5.32 Å². The Balaban J connectivity index is 1.41. The number of ether oxygens (including phenoxy) is 4. The van der Waals surface area contributed by atoms with Gasteiger partial charge < -0.3 is 18.9 Å². The minimum atomic E-state index is -1.37. The van der Waals surface area contributed by atoms with Crippen LogP contribution in [0.2, 0.25) is 0 Å². The minimum Gasteiger partial charge on any atom is -0.497 e. The Morgan fingerprint density at radius 2 is 1.26 bits per heavy atom. The molecule has 0 bridgehead atoms. The van der Waals surface area contributed by atoms with E-state index in [0.717, 1.165) is 16.7 Å². The average molecular weight is 459 g/mol. The molecule has 0 unspecified atom stereocenters. The number of benzene rings is 3. The Kier molecular flexibility index (Phi) is 6.82. The Hall–Kier alpha value is -4.26. The summed E-state index contributed by atoms with van der Waals surface area (Å²) in [5, 5.41) is 2.69. The van der Waals surface area contributed by atoms with E-state index in [-0.39, 0.29) is 13.2 Å². The average Bonchev–Trinajstić information content (AvgIpc) is 3.62. The van der Waals surface area contributed by atoms with Gasteiger partial charge in [-0.2, -0.15) is 0 Å². The van der Waals surface area contributed by atoms with Gasteiger partial charge in [0.05, 0.1) is 14.2 Å².